The third-order valence-corrected chi connectivity index (χ3v) is 8.90. The minimum atomic E-state index is -3.48. The minimum absolute atomic E-state index is 0.00928. The van der Waals surface area contributed by atoms with Gasteiger partial charge in [0.25, 0.3) is 10.1 Å². The highest BCUT2D eigenvalue weighted by atomic mass is 32.2. The average Bonchev–Trinajstić information content (AvgIpc) is 2.33. The fourth-order valence-corrected chi connectivity index (χ4v) is 3.22. The topological polar surface area (TPSA) is 52.6 Å². The molecular weight excluding hydrogens is 304 g/mol. The molecule has 0 fully saturated rings. The normalized spacial score (nSPS) is 15.0. The Morgan fingerprint density at radius 3 is 2.10 bits per heavy atom. The molecule has 0 aliphatic rings. The molecule has 1 rings (SSSR count). The molecule has 4 nitrogen and oxygen atoms in total. The lowest BCUT2D eigenvalue weighted by Crippen LogP contribution is -2.42. The molecule has 0 aromatic heterocycles. The predicted octanol–water partition coefficient (Wildman–Crippen LogP) is 3.73. The first-order valence-electron chi connectivity index (χ1n) is 6.99. The van der Waals surface area contributed by atoms with E-state index in [9.17, 15) is 8.42 Å². The molecule has 0 aliphatic heterocycles. The SMILES string of the molecule is CC(C)(C)[Si](C)(C)O[C@@H](COS(C)(=O)=O)c1ccccc1. The van der Waals surface area contributed by atoms with Gasteiger partial charge in [0.1, 0.15) is 0 Å². The van der Waals surface area contributed by atoms with Gasteiger partial charge >= 0.3 is 0 Å². The fraction of sp³-hybridized carbons (Fsp3) is 0.600. The zero-order valence-electron chi connectivity index (χ0n) is 13.7. The van der Waals surface area contributed by atoms with Crippen molar-refractivity contribution < 1.29 is 17.0 Å². The Morgan fingerprint density at radius 1 is 1.14 bits per heavy atom. The lowest BCUT2D eigenvalue weighted by atomic mass is 10.1. The van der Waals surface area contributed by atoms with Crippen LogP contribution in [0.4, 0.5) is 0 Å². The molecule has 0 spiro atoms. The summed E-state index contributed by atoms with van der Waals surface area (Å²) >= 11 is 0. The van der Waals surface area contributed by atoms with E-state index in [2.05, 4.69) is 33.9 Å². The largest absolute Gasteiger partial charge is 0.408 e. The molecule has 0 aliphatic carbocycles. The van der Waals surface area contributed by atoms with Gasteiger partial charge in [0, 0.05) is 0 Å². The van der Waals surface area contributed by atoms with Crippen molar-refractivity contribution in [2.75, 3.05) is 12.9 Å². The van der Waals surface area contributed by atoms with Crippen LogP contribution in [0.3, 0.4) is 0 Å². The van der Waals surface area contributed by atoms with Crippen molar-refractivity contribution in [2.45, 2.75) is 45.0 Å². The number of rotatable bonds is 6. The maximum atomic E-state index is 11.3. The molecule has 1 atom stereocenters. The first-order chi connectivity index (χ1) is 9.42. The summed E-state index contributed by atoms with van der Waals surface area (Å²) < 4.78 is 33.8. The maximum absolute atomic E-state index is 11.3. The number of hydrogen-bond acceptors (Lipinski definition) is 4. The molecule has 0 unspecified atom stereocenters. The number of hydrogen-bond donors (Lipinski definition) is 0. The van der Waals surface area contributed by atoms with Gasteiger partial charge in [-0.25, -0.2) is 0 Å². The van der Waals surface area contributed by atoms with E-state index in [1.165, 1.54) is 0 Å². The Morgan fingerprint density at radius 2 is 1.67 bits per heavy atom. The Labute approximate surface area is 129 Å². The molecule has 6 heteroatoms. The van der Waals surface area contributed by atoms with Crippen molar-refractivity contribution in [2.24, 2.45) is 0 Å². The molecule has 0 heterocycles. The van der Waals surface area contributed by atoms with Crippen LogP contribution in [0, 0.1) is 0 Å². The average molecular weight is 331 g/mol. The lowest BCUT2D eigenvalue weighted by molar-refractivity contribution is 0.119. The molecule has 0 bridgehead atoms. The van der Waals surface area contributed by atoms with Crippen LogP contribution >= 0.6 is 0 Å². The van der Waals surface area contributed by atoms with E-state index in [1.54, 1.807) is 0 Å². The summed E-state index contributed by atoms with van der Waals surface area (Å²) in [7, 11) is -5.50. The Bertz CT molecular complexity index is 547. The number of benzene rings is 1. The van der Waals surface area contributed by atoms with Crippen LogP contribution in [0.2, 0.25) is 18.1 Å². The summed E-state index contributed by atoms with van der Waals surface area (Å²) in [6.45, 7) is 10.7. The Hall–Kier alpha value is -0.693. The van der Waals surface area contributed by atoms with Crippen LogP contribution < -0.4 is 0 Å². The van der Waals surface area contributed by atoms with Gasteiger partial charge in [-0.15, -0.1) is 0 Å². The Balaban J connectivity index is 2.98. The molecule has 0 radical (unpaired) electrons. The third-order valence-electron chi connectivity index (χ3n) is 3.85. The monoisotopic (exact) mass is 330 g/mol. The standard InChI is InChI=1S/C15H26O4SSi/c1-15(2,3)21(5,6)19-14(12-18-20(4,16)17)13-10-8-7-9-11-13/h7-11,14H,12H2,1-6H3/t14-/m0/s1. The highest BCUT2D eigenvalue weighted by Crippen LogP contribution is 2.39. The van der Waals surface area contributed by atoms with E-state index in [0.717, 1.165) is 11.8 Å². The molecule has 1 aromatic carbocycles. The van der Waals surface area contributed by atoms with Crippen LogP contribution in [-0.4, -0.2) is 29.6 Å². The van der Waals surface area contributed by atoms with Gasteiger partial charge in [-0.3, -0.25) is 4.18 Å². The van der Waals surface area contributed by atoms with Gasteiger partial charge in [-0.2, -0.15) is 8.42 Å². The first-order valence-corrected chi connectivity index (χ1v) is 11.7. The van der Waals surface area contributed by atoms with Crippen molar-refractivity contribution in [1.82, 2.24) is 0 Å². The molecule has 0 amide bonds. The summed E-state index contributed by atoms with van der Waals surface area (Å²) in [6.07, 6.45) is 0.684. The zero-order valence-corrected chi connectivity index (χ0v) is 15.5. The quantitative estimate of drug-likeness (QED) is 0.589. The summed E-state index contributed by atoms with van der Waals surface area (Å²) in [4.78, 5) is 0. The lowest BCUT2D eigenvalue weighted by Gasteiger charge is -2.39. The molecule has 120 valence electrons. The predicted molar refractivity (Wildman–Crippen MR) is 88.3 cm³/mol. The van der Waals surface area contributed by atoms with Crippen molar-refractivity contribution in [3.8, 4) is 0 Å². The van der Waals surface area contributed by atoms with Crippen LogP contribution in [0.1, 0.15) is 32.4 Å². The smallest absolute Gasteiger partial charge is 0.264 e. The molecule has 21 heavy (non-hydrogen) atoms. The van der Waals surface area contributed by atoms with Crippen LogP contribution in [-0.2, 0) is 18.7 Å². The second-order valence-corrected chi connectivity index (χ2v) is 13.2. The van der Waals surface area contributed by atoms with Crippen molar-refractivity contribution >= 4 is 18.4 Å². The minimum Gasteiger partial charge on any atom is -0.408 e. The second-order valence-electron chi connectivity index (χ2n) is 6.77. The summed E-state index contributed by atoms with van der Waals surface area (Å²) in [5, 5.41) is 0.0467. The van der Waals surface area contributed by atoms with E-state index < -0.39 is 18.4 Å². The van der Waals surface area contributed by atoms with Crippen molar-refractivity contribution in [1.29, 1.82) is 0 Å². The van der Waals surface area contributed by atoms with Crippen molar-refractivity contribution in [3.05, 3.63) is 35.9 Å². The highest BCUT2D eigenvalue weighted by Gasteiger charge is 2.39. The van der Waals surface area contributed by atoms with Gasteiger partial charge in [-0.1, -0.05) is 51.1 Å². The summed E-state index contributed by atoms with van der Waals surface area (Å²) in [5.74, 6) is 0. The second kappa shape index (κ2) is 6.60. The maximum Gasteiger partial charge on any atom is 0.264 e. The van der Waals surface area contributed by atoms with Gasteiger partial charge < -0.3 is 4.43 Å². The molecular formula is C15H26O4SSi. The molecule has 0 saturated carbocycles. The van der Waals surface area contributed by atoms with E-state index in [0.29, 0.717) is 0 Å². The summed E-state index contributed by atoms with van der Waals surface area (Å²) in [6, 6.07) is 9.62. The molecule has 1 aromatic rings. The first kappa shape index (κ1) is 18.4. The Kier molecular flexibility index (Phi) is 5.77. The van der Waals surface area contributed by atoms with Gasteiger partial charge in [0.05, 0.1) is 19.0 Å². The van der Waals surface area contributed by atoms with E-state index >= 15 is 0 Å². The van der Waals surface area contributed by atoms with Gasteiger partial charge in [0.2, 0.25) is 0 Å². The molecule has 0 saturated heterocycles. The third kappa shape index (κ3) is 5.90. The van der Waals surface area contributed by atoms with Gasteiger partial charge in [-0.05, 0) is 23.7 Å². The van der Waals surface area contributed by atoms with Gasteiger partial charge in [0.15, 0.2) is 8.32 Å². The van der Waals surface area contributed by atoms with Crippen LogP contribution in [0.15, 0.2) is 30.3 Å². The van der Waals surface area contributed by atoms with Crippen molar-refractivity contribution in [3.63, 3.8) is 0 Å². The highest BCUT2D eigenvalue weighted by molar-refractivity contribution is 7.85. The summed E-state index contributed by atoms with van der Waals surface area (Å²) in [5.41, 5.74) is 0.936. The zero-order chi connectivity index (χ0) is 16.3. The molecule has 0 N–H and O–H groups in total. The fourth-order valence-electron chi connectivity index (χ4n) is 1.58. The van der Waals surface area contributed by atoms with Crippen LogP contribution in [0.25, 0.3) is 0 Å². The van der Waals surface area contributed by atoms with E-state index in [-0.39, 0.29) is 17.7 Å². The van der Waals surface area contributed by atoms with E-state index in [4.69, 9.17) is 8.61 Å². The van der Waals surface area contributed by atoms with Crippen LogP contribution in [0.5, 0.6) is 0 Å². The van der Waals surface area contributed by atoms with E-state index in [1.807, 2.05) is 30.3 Å².